The number of hydrogen-bond acceptors (Lipinski definition) is 5. The van der Waals surface area contributed by atoms with E-state index in [1.54, 1.807) is 35.1 Å². The fourth-order valence-corrected chi connectivity index (χ4v) is 6.37. The van der Waals surface area contributed by atoms with Gasteiger partial charge in [-0.3, -0.25) is 9.59 Å². The van der Waals surface area contributed by atoms with Crippen molar-refractivity contribution in [2.75, 3.05) is 5.75 Å². The molecule has 0 heterocycles. The minimum atomic E-state index is -0.914. The van der Waals surface area contributed by atoms with Crippen molar-refractivity contribution in [2.45, 2.75) is 77.6 Å². The van der Waals surface area contributed by atoms with Crippen LogP contribution in [0.5, 0.6) is 0 Å². The molecule has 0 saturated carbocycles. The van der Waals surface area contributed by atoms with Crippen LogP contribution in [0.4, 0.5) is 0 Å². The molecular formula is C21H32O3S3. The predicted molar refractivity (Wildman–Crippen MR) is 122 cm³/mol. The van der Waals surface area contributed by atoms with Gasteiger partial charge in [-0.25, -0.2) is 0 Å². The second kappa shape index (κ2) is 16.4. The standard InChI is InChI=1S/C21H32O3S3/c1-2-3-4-5-6-7-8-9-10-13-16-25-27-26-21(24)19-15-12-11-14-18(19)17-20(22)23/h11-12,14-15H,2-10,13,16-17H2,1H3,(H,22,23). The molecule has 1 aromatic rings. The first-order valence-electron chi connectivity index (χ1n) is 9.95. The molecule has 0 amide bonds. The van der Waals surface area contributed by atoms with Crippen LogP contribution in [0.1, 0.15) is 87.1 Å². The summed E-state index contributed by atoms with van der Waals surface area (Å²) in [5.74, 6) is 0.140. The Labute approximate surface area is 175 Å². The second-order valence-electron chi connectivity index (χ2n) is 6.67. The number of carbonyl (C=O) groups excluding carboxylic acids is 1. The first kappa shape index (κ1) is 24.4. The second-order valence-corrected chi connectivity index (χ2v) is 10.8. The monoisotopic (exact) mass is 428 g/mol. The van der Waals surface area contributed by atoms with Crippen LogP contribution >= 0.6 is 31.4 Å². The fraction of sp³-hybridized carbons (Fsp3) is 0.619. The molecule has 0 aromatic heterocycles. The maximum absolute atomic E-state index is 12.3. The van der Waals surface area contributed by atoms with Crippen LogP contribution in [0.2, 0.25) is 0 Å². The Kier molecular flexibility index (Phi) is 14.8. The van der Waals surface area contributed by atoms with Gasteiger partial charge in [-0.15, -0.1) is 0 Å². The lowest BCUT2D eigenvalue weighted by molar-refractivity contribution is -0.136. The van der Waals surface area contributed by atoms with E-state index in [0.29, 0.717) is 11.1 Å². The Morgan fingerprint density at radius 1 is 0.889 bits per heavy atom. The van der Waals surface area contributed by atoms with Crippen molar-refractivity contribution in [3.8, 4) is 0 Å². The molecule has 0 spiro atoms. The average Bonchev–Trinajstić information content (AvgIpc) is 2.65. The van der Waals surface area contributed by atoms with Crippen LogP contribution in [0.3, 0.4) is 0 Å². The third-order valence-electron chi connectivity index (χ3n) is 4.32. The summed E-state index contributed by atoms with van der Waals surface area (Å²) in [7, 11) is 4.42. The lowest BCUT2D eigenvalue weighted by atomic mass is 10.1. The third kappa shape index (κ3) is 12.5. The van der Waals surface area contributed by atoms with Crippen LogP contribution in [-0.4, -0.2) is 21.9 Å². The molecule has 0 aliphatic heterocycles. The zero-order valence-corrected chi connectivity index (χ0v) is 18.7. The van der Waals surface area contributed by atoms with E-state index in [9.17, 15) is 9.59 Å². The van der Waals surface area contributed by atoms with E-state index < -0.39 is 5.97 Å². The highest BCUT2D eigenvalue weighted by molar-refractivity contribution is 9.12. The van der Waals surface area contributed by atoms with Gasteiger partial charge < -0.3 is 5.11 Å². The van der Waals surface area contributed by atoms with E-state index in [1.165, 1.54) is 84.8 Å². The first-order valence-corrected chi connectivity index (χ1v) is 13.6. The Balaban J connectivity index is 2.04. The molecule has 0 fully saturated rings. The Bertz CT molecular complexity index is 549. The summed E-state index contributed by atoms with van der Waals surface area (Å²) in [5, 5.41) is 8.88. The van der Waals surface area contributed by atoms with Gasteiger partial charge in [0.05, 0.1) is 6.42 Å². The van der Waals surface area contributed by atoms with Crippen molar-refractivity contribution in [3.63, 3.8) is 0 Å². The molecule has 0 radical (unpaired) electrons. The quantitative estimate of drug-likeness (QED) is 0.218. The third-order valence-corrected chi connectivity index (χ3v) is 8.23. The van der Waals surface area contributed by atoms with E-state index >= 15 is 0 Å². The molecular weight excluding hydrogens is 396 g/mol. The smallest absolute Gasteiger partial charge is 0.307 e. The lowest BCUT2D eigenvalue weighted by Gasteiger charge is -2.06. The summed E-state index contributed by atoms with van der Waals surface area (Å²) >= 11 is 0. The molecule has 1 aromatic carbocycles. The van der Waals surface area contributed by atoms with Gasteiger partial charge in [-0.1, -0.05) is 99.8 Å². The molecule has 6 heteroatoms. The van der Waals surface area contributed by atoms with Crippen molar-refractivity contribution < 1.29 is 14.7 Å². The van der Waals surface area contributed by atoms with Gasteiger partial charge in [0.1, 0.15) is 0 Å². The van der Waals surface area contributed by atoms with E-state index in [0.717, 1.165) is 5.75 Å². The number of aliphatic carboxylic acids is 1. The van der Waals surface area contributed by atoms with Crippen molar-refractivity contribution >= 4 is 42.5 Å². The van der Waals surface area contributed by atoms with Crippen molar-refractivity contribution in [2.24, 2.45) is 0 Å². The van der Waals surface area contributed by atoms with Crippen LogP contribution < -0.4 is 0 Å². The molecule has 27 heavy (non-hydrogen) atoms. The Morgan fingerprint density at radius 3 is 2.11 bits per heavy atom. The summed E-state index contributed by atoms with van der Waals surface area (Å²) < 4.78 is 0. The summed E-state index contributed by atoms with van der Waals surface area (Å²) in [6.45, 7) is 2.25. The van der Waals surface area contributed by atoms with Gasteiger partial charge in [-0.2, -0.15) is 0 Å². The number of unbranched alkanes of at least 4 members (excludes halogenated alkanes) is 9. The maximum Gasteiger partial charge on any atom is 0.307 e. The molecule has 0 bridgehead atoms. The molecule has 0 saturated heterocycles. The largest absolute Gasteiger partial charge is 0.481 e. The van der Waals surface area contributed by atoms with Crippen molar-refractivity contribution in [1.82, 2.24) is 0 Å². The van der Waals surface area contributed by atoms with Gasteiger partial charge >= 0.3 is 5.97 Å². The van der Waals surface area contributed by atoms with E-state index in [-0.39, 0.29) is 11.5 Å². The van der Waals surface area contributed by atoms with Crippen molar-refractivity contribution in [3.05, 3.63) is 35.4 Å². The summed E-state index contributed by atoms with van der Waals surface area (Å²) in [6, 6.07) is 6.97. The van der Waals surface area contributed by atoms with Crippen LogP contribution in [-0.2, 0) is 11.2 Å². The topological polar surface area (TPSA) is 54.4 Å². The Hall–Kier alpha value is -0.590. The molecule has 152 valence electrons. The van der Waals surface area contributed by atoms with Crippen LogP contribution in [0.25, 0.3) is 0 Å². The van der Waals surface area contributed by atoms with Gasteiger partial charge in [0, 0.05) is 11.3 Å². The summed E-state index contributed by atoms with van der Waals surface area (Å²) in [4.78, 5) is 23.2. The molecule has 0 aliphatic rings. The van der Waals surface area contributed by atoms with Gasteiger partial charge in [0.15, 0.2) is 0 Å². The summed E-state index contributed by atoms with van der Waals surface area (Å²) in [6.07, 6.45) is 13.2. The minimum Gasteiger partial charge on any atom is -0.481 e. The van der Waals surface area contributed by atoms with E-state index in [4.69, 9.17) is 5.11 Å². The number of carboxylic acids is 1. The SMILES string of the molecule is CCCCCCCCCCCCSSSC(=O)c1ccccc1CC(=O)O. The molecule has 3 nitrogen and oxygen atoms in total. The number of hydrogen-bond donors (Lipinski definition) is 1. The molecule has 0 aliphatic carbocycles. The highest BCUT2D eigenvalue weighted by Crippen LogP contribution is 2.38. The highest BCUT2D eigenvalue weighted by Gasteiger charge is 2.14. The van der Waals surface area contributed by atoms with Gasteiger partial charge in [0.2, 0.25) is 5.12 Å². The predicted octanol–water partition coefficient (Wildman–Crippen LogP) is 7.40. The minimum absolute atomic E-state index is 0.0626. The number of benzene rings is 1. The average molecular weight is 429 g/mol. The number of carbonyl (C=O) groups is 2. The zero-order chi connectivity index (χ0) is 19.7. The van der Waals surface area contributed by atoms with E-state index in [1.807, 2.05) is 0 Å². The highest BCUT2D eigenvalue weighted by atomic mass is 33.5. The molecule has 1 N–H and O–H groups in total. The van der Waals surface area contributed by atoms with Crippen LogP contribution in [0.15, 0.2) is 24.3 Å². The zero-order valence-electron chi connectivity index (χ0n) is 16.3. The van der Waals surface area contributed by atoms with E-state index in [2.05, 4.69) is 6.92 Å². The molecule has 0 atom stereocenters. The molecule has 1 rings (SSSR count). The first-order chi connectivity index (χ1) is 13.1. The van der Waals surface area contributed by atoms with Crippen molar-refractivity contribution in [1.29, 1.82) is 0 Å². The fourth-order valence-electron chi connectivity index (χ4n) is 2.82. The van der Waals surface area contributed by atoms with Gasteiger partial charge in [-0.05, 0) is 32.6 Å². The lowest BCUT2D eigenvalue weighted by Crippen LogP contribution is -2.05. The molecule has 0 unspecified atom stereocenters. The normalized spacial score (nSPS) is 10.9. The summed E-state index contributed by atoms with van der Waals surface area (Å²) in [5.41, 5.74) is 1.10. The maximum atomic E-state index is 12.3. The Morgan fingerprint density at radius 2 is 1.48 bits per heavy atom. The van der Waals surface area contributed by atoms with Crippen LogP contribution in [0, 0.1) is 0 Å². The number of carboxylic acid groups (broad SMARTS) is 1. The van der Waals surface area contributed by atoms with Gasteiger partial charge in [0.25, 0.3) is 0 Å². The number of rotatable bonds is 16.